The zero-order valence-corrected chi connectivity index (χ0v) is 18.5. The lowest BCUT2D eigenvalue weighted by Gasteiger charge is -2.22. The van der Waals surface area contributed by atoms with Gasteiger partial charge in [0.15, 0.2) is 0 Å². The Morgan fingerprint density at radius 2 is 1.61 bits per heavy atom. The van der Waals surface area contributed by atoms with E-state index in [4.69, 9.17) is 11.6 Å². The van der Waals surface area contributed by atoms with Crippen LogP contribution in [0.25, 0.3) is 0 Å². The minimum absolute atomic E-state index is 0.0212. The first-order valence-electron chi connectivity index (χ1n) is 11.0. The van der Waals surface area contributed by atoms with Crippen molar-refractivity contribution >= 4 is 29.2 Å². The zero-order valence-electron chi connectivity index (χ0n) is 17.7. The molecule has 2 aliphatic heterocycles. The van der Waals surface area contributed by atoms with Gasteiger partial charge in [-0.3, -0.25) is 9.69 Å². The Bertz CT molecular complexity index is 901. The number of anilines is 1. The topological polar surface area (TPSA) is 55.9 Å². The molecule has 4 rings (SSSR count). The molecule has 6 nitrogen and oxygen atoms in total. The molecule has 2 aliphatic rings. The van der Waals surface area contributed by atoms with Crippen molar-refractivity contribution in [3.8, 4) is 0 Å². The zero-order chi connectivity index (χ0) is 21.6. The molecule has 0 aliphatic carbocycles. The van der Waals surface area contributed by atoms with E-state index >= 15 is 0 Å². The fourth-order valence-corrected chi connectivity index (χ4v) is 4.31. The van der Waals surface area contributed by atoms with Crippen LogP contribution in [-0.2, 0) is 17.9 Å². The van der Waals surface area contributed by atoms with Crippen molar-refractivity contribution in [3.05, 3.63) is 64.7 Å². The number of nitrogens with one attached hydrogen (secondary N) is 1. The second-order valence-electron chi connectivity index (χ2n) is 8.22. The maximum atomic E-state index is 12.7. The van der Waals surface area contributed by atoms with Gasteiger partial charge in [-0.2, -0.15) is 0 Å². The molecule has 2 heterocycles. The Kier molecular flexibility index (Phi) is 7.10. The predicted octanol–water partition coefficient (Wildman–Crippen LogP) is 3.88. The van der Waals surface area contributed by atoms with Crippen LogP contribution in [0.2, 0.25) is 5.02 Å². The summed E-state index contributed by atoms with van der Waals surface area (Å²) in [6, 6.07) is 15.8. The molecule has 0 saturated carbocycles. The molecule has 3 amide bonds. The SMILES string of the molecule is O=C(NCc1ccc(N2CCCC2=O)cc1)N1CCCN(Cc2ccc(Cl)cc2)CC1. The molecule has 0 atom stereocenters. The first kappa shape index (κ1) is 21.7. The first-order chi connectivity index (χ1) is 15.1. The van der Waals surface area contributed by atoms with Gasteiger partial charge in [-0.05, 0) is 48.2 Å². The molecule has 7 heteroatoms. The van der Waals surface area contributed by atoms with Crippen molar-refractivity contribution in [2.24, 2.45) is 0 Å². The average molecular weight is 441 g/mol. The summed E-state index contributed by atoms with van der Waals surface area (Å²) in [5.74, 6) is 0.187. The highest BCUT2D eigenvalue weighted by atomic mass is 35.5. The van der Waals surface area contributed by atoms with Crippen molar-refractivity contribution in [3.63, 3.8) is 0 Å². The average Bonchev–Trinajstić information content (AvgIpc) is 3.07. The van der Waals surface area contributed by atoms with E-state index in [9.17, 15) is 9.59 Å². The van der Waals surface area contributed by atoms with Gasteiger partial charge in [0.1, 0.15) is 0 Å². The number of rotatable bonds is 5. The highest BCUT2D eigenvalue weighted by Crippen LogP contribution is 2.21. The van der Waals surface area contributed by atoms with E-state index in [-0.39, 0.29) is 11.9 Å². The Hall–Kier alpha value is -2.57. The molecule has 0 unspecified atom stereocenters. The summed E-state index contributed by atoms with van der Waals surface area (Å²) in [6.45, 7) is 5.46. The normalized spacial score (nSPS) is 17.6. The van der Waals surface area contributed by atoms with Crippen molar-refractivity contribution in [1.82, 2.24) is 15.1 Å². The van der Waals surface area contributed by atoms with Gasteiger partial charge in [0.05, 0.1) is 0 Å². The minimum atomic E-state index is -0.0212. The van der Waals surface area contributed by atoms with Gasteiger partial charge in [-0.15, -0.1) is 0 Å². The molecule has 0 radical (unpaired) electrons. The Morgan fingerprint density at radius 1 is 0.871 bits per heavy atom. The number of nitrogens with zero attached hydrogens (tertiary/aromatic N) is 3. The molecule has 0 aromatic heterocycles. The highest BCUT2D eigenvalue weighted by Gasteiger charge is 2.22. The van der Waals surface area contributed by atoms with Crippen LogP contribution in [0.5, 0.6) is 0 Å². The minimum Gasteiger partial charge on any atom is -0.334 e. The number of hydrogen-bond donors (Lipinski definition) is 1. The highest BCUT2D eigenvalue weighted by molar-refractivity contribution is 6.30. The second kappa shape index (κ2) is 10.2. The summed E-state index contributed by atoms with van der Waals surface area (Å²) in [4.78, 5) is 30.7. The lowest BCUT2D eigenvalue weighted by molar-refractivity contribution is -0.117. The van der Waals surface area contributed by atoms with Gasteiger partial charge in [0.2, 0.25) is 5.91 Å². The molecular weight excluding hydrogens is 412 g/mol. The molecule has 2 aromatic rings. The number of hydrogen-bond acceptors (Lipinski definition) is 3. The molecule has 2 aromatic carbocycles. The Balaban J connectivity index is 1.24. The van der Waals surface area contributed by atoms with E-state index in [1.54, 1.807) is 0 Å². The molecule has 2 fully saturated rings. The summed E-state index contributed by atoms with van der Waals surface area (Å²) in [6.07, 6.45) is 2.51. The third-order valence-corrected chi connectivity index (χ3v) is 6.21. The number of amides is 3. The van der Waals surface area contributed by atoms with Crippen LogP contribution in [0.4, 0.5) is 10.5 Å². The fraction of sp³-hybridized carbons (Fsp3) is 0.417. The molecule has 0 spiro atoms. The molecule has 164 valence electrons. The maximum Gasteiger partial charge on any atom is 0.317 e. The summed E-state index contributed by atoms with van der Waals surface area (Å²) in [7, 11) is 0. The van der Waals surface area contributed by atoms with E-state index < -0.39 is 0 Å². The van der Waals surface area contributed by atoms with Gasteiger partial charge >= 0.3 is 6.03 Å². The van der Waals surface area contributed by atoms with E-state index in [0.29, 0.717) is 13.0 Å². The Morgan fingerprint density at radius 3 is 2.32 bits per heavy atom. The lowest BCUT2D eigenvalue weighted by Crippen LogP contribution is -2.41. The van der Waals surface area contributed by atoms with Crippen molar-refractivity contribution in [1.29, 1.82) is 0 Å². The molecule has 1 N–H and O–H groups in total. The van der Waals surface area contributed by atoms with Crippen molar-refractivity contribution in [2.45, 2.75) is 32.4 Å². The van der Waals surface area contributed by atoms with Crippen LogP contribution in [0.15, 0.2) is 48.5 Å². The monoisotopic (exact) mass is 440 g/mol. The lowest BCUT2D eigenvalue weighted by atomic mass is 10.2. The van der Waals surface area contributed by atoms with Crippen LogP contribution >= 0.6 is 11.6 Å². The van der Waals surface area contributed by atoms with Crippen molar-refractivity contribution in [2.75, 3.05) is 37.6 Å². The summed E-state index contributed by atoms with van der Waals surface area (Å²) < 4.78 is 0. The first-order valence-corrected chi connectivity index (χ1v) is 11.4. The summed E-state index contributed by atoms with van der Waals surface area (Å²) >= 11 is 5.97. The van der Waals surface area contributed by atoms with Crippen LogP contribution in [-0.4, -0.2) is 54.5 Å². The van der Waals surface area contributed by atoms with Crippen LogP contribution in [0.3, 0.4) is 0 Å². The van der Waals surface area contributed by atoms with Crippen LogP contribution in [0, 0.1) is 0 Å². The van der Waals surface area contributed by atoms with Gasteiger partial charge < -0.3 is 15.1 Å². The largest absolute Gasteiger partial charge is 0.334 e. The quantitative estimate of drug-likeness (QED) is 0.767. The van der Waals surface area contributed by atoms with Crippen molar-refractivity contribution < 1.29 is 9.59 Å². The van der Waals surface area contributed by atoms with E-state index in [1.807, 2.05) is 46.2 Å². The van der Waals surface area contributed by atoms with E-state index in [1.165, 1.54) is 5.56 Å². The van der Waals surface area contributed by atoms with Crippen LogP contribution in [0.1, 0.15) is 30.4 Å². The molecule has 31 heavy (non-hydrogen) atoms. The van der Waals surface area contributed by atoms with Crippen LogP contribution < -0.4 is 10.2 Å². The molecule has 0 bridgehead atoms. The number of urea groups is 1. The summed E-state index contributed by atoms with van der Waals surface area (Å²) in [5.41, 5.74) is 3.20. The standard InChI is InChI=1S/C24H29ClN4O2/c25-21-8-4-20(5-9-21)18-27-12-2-13-28(16-15-27)24(31)26-17-19-6-10-22(11-7-19)29-14-1-3-23(29)30/h4-11H,1-3,12-18H2,(H,26,31). The predicted molar refractivity (Wildman–Crippen MR) is 123 cm³/mol. The van der Waals surface area contributed by atoms with E-state index in [0.717, 1.165) is 68.4 Å². The van der Waals surface area contributed by atoms with Gasteiger partial charge in [0.25, 0.3) is 0 Å². The fourth-order valence-electron chi connectivity index (χ4n) is 4.18. The van der Waals surface area contributed by atoms with E-state index in [2.05, 4.69) is 22.3 Å². The molecular formula is C24H29ClN4O2. The van der Waals surface area contributed by atoms with Gasteiger partial charge in [-0.25, -0.2) is 4.79 Å². The number of carbonyl (C=O) groups excluding carboxylic acids is 2. The third kappa shape index (κ3) is 5.77. The number of benzene rings is 2. The number of carbonyl (C=O) groups is 2. The second-order valence-corrected chi connectivity index (χ2v) is 8.65. The third-order valence-electron chi connectivity index (χ3n) is 5.96. The maximum absolute atomic E-state index is 12.7. The summed E-state index contributed by atoms with van der Waals surface area (Å²) in [5, 5.41) is 3.79. The smallest absolute Gasteiger partial charge is 0.317 e. The van der Waals surface area contributed by atoms with Gasteiger partial charge in [0, 0.05) is 62.9 Å². The molecule has 2 saturated heterocycles. The number of halogens is 1. The Labute approximate surface area is 188 Å². The van der Waals surface area contributed by atoms with Gasteiger partial charge in [-0.1, -0.05) is 35.9 Å².